The van der Waals surface area contributed by atoms with Crippen LogP contribution < -0.4 is 15.0 Å². The van der Waals surface area contributed by atoms with Crippen molar-refractivity contribution in [2.45, 2.75) is 32.1 Å². The Balaban J connectivity index is 1.27. The average molecular weight is 429 g/mol. The Morgan fingerprint density at radius 2 is 1.97 bits per heavy atom. The first-order valence-corrected chi connectivity index (χ1v) is 11.4. The van der Waals surface area contributed by atoms with Gasteiger partial charge in [0, 0.05) is 49.2 Å². The Morgan fingerprint density at radius 3 is 2.70 bits per heavy atom. The lowest BCUT2D eigenvalue weighted by Gasteiger charge is -2.36. The van der Waals surface area contributed by atoms with Crippen molar-refractivity contribution in [2.75, 3.05) is 43.5 Å². The lowest BCUT2D eigenvalue weighted by atomic mass is 10.1. The van der Waals surface area contributed by atoms with Crippen molar-refractivity contribution in [1.29, 1.82) is 0 Å². The van der Waals surface area contributed by atoms with Crippen LogP contribution in [0.15, 0.2) is 29.6 Å². The molecule has 4 rings (SSSR count). The molecule has 1 aromatic heterocycles. The molecule has 7 nitrogen and oxygen atoms in total. The summed E-state index contributed by atoms with van der Waals surface area (Å²) in [4.78, 5) is 33.6. The van der Waals surface area contributed by atoms with Crippen LogP contribution in [0.4, 0.5) is 10.8 Å². The smallest absolute Gasteiger partial charge is 0.229 e. The molecule has 2 heterocycles. The molecule has 2 aromatic rings. The van der Waals surface area contributed by atoms with Gasteiger partial charge in [-0.25, -0.2) is 4.98 Å². The van der Waals surface area contributed by atoms with E-state index in [-0.39, 0.29) is 24.2 Å². The molecule has 1 saturated carbocycles. The number of benzene rings is 1. The standard InChI is InChI=1S/C22H28N4O3S/c1-29-19-8-4-7-18(14-19)25-9-11-26(12-10-25)20(27)13-17-15-30-22(23-17)24-21(28)16-5-2-3-6-16/h4,7-8,14-16H,2-3,5-6,9-13H2,1H3,(H,23,24,28). The third kappa shape index (κ3) is 4.92. The predicted octanol–water partition coefficient (Wildman–Crippen LogP) is 3.17. The van der Waals surface area contributed by atoms with Crippen molar-refractivity contribution in [1.82, 2.24) is 9.88 Å². The zero-order chi connectivity index (χ0) is 20.9. The second-order valence-corrected chi connectivity index (χ2v) is 8.72. The summed E-state index contributed by atoms with van der Waals surface area (Å²) in [6.45, 7) is 2.95. The van der Waals surface area contributed by atoms with Gasteiger partial charge in [0.2, 0.25) is 11.8 Å². The SMILES string of the molecule is COc1cccc(N2CCN(C(=O)Cc3csc(NC(=O)C4CCCC4)n3)CC2)c1. The van der Waals surface area contributed by atoms with Gasteiger partial charge in [0.25, 0.3) is 0 Å². The highest BCUT2D eigenvalue weighted by Gasteiger charge is 2.24. The topological polar surface area (TPSA) is 74.8 Å². The summed E-state index contributed by atoms with van der Waals surface area (Å²) in [5.41, 5.74) is 1.84. The van der Waals surface area contributed by atoms with Gasteiger partial charge in [-0.1, -0.05) is 18.9 Å². The van der Waals surface area contributed by atoms with Crippen LogP contribution in [-0.2, 0) is 16.0 Å². The van der Waals surface area contributed by atoms with Gasteiger partial charge in [-0.05, 0) is 25.0 Å². The number of thiazole rings is 1. The quantitative estimate of drug-likeness (QED) is 0.765. The Morgan fingerprint density at radius 1 is 1.20 bits per heavy atom. The lowest BCUT2D eigenvalue weighted by molar-refractivity contribution is -0.130. The lowest BCUT2D eigenvalue weighted by Crippen LogP contribution is -2.49. The van der Waals surface area contributed by atoms with E-state index in [2.05, 4.69) is 21.3 Å². The van der Waals surface area contributed by atoms with Crippen molar-refractivity contribution in [3.05, 3.63) is 35.3 Å². The molecule has 30 heavy (non-hydrogen) atoms. The highest BCUT2D eigenvalue weighted by atomic mass is 32.1. The number of aromatic nitrogens is 1. The average Bonchev–Trinajstić information content (AvgIpc) is 3.46. The summed E-state index contributed by atoms with van der Waals surface area (Å²) in [5.74, 6) is 1.10. The normalized spacial score (nSPS) is 17.2. The predicted molar refractivity (Wildman–Crippen MR) is 118 cm³/mol. The van der Waals surface area contributed by atoms with Gasteiger partial charge < -0.3 is 19.9 Å². The van der Waals surface area contributed by atoms with Gasteiger partial charge in [-0.15, -0.1) is 11.3 Å². The number of hydrogen-bond donors (Lipinski definition) is 1. The van der Waals surface area contributed by atoms with Crippen LogP contribution >= 0.6 is 11.3 Å². The summed E-state index contributed by atoms with van der Waals surface area (Å²) >= 11 is 1.39. The highest BCUT2D eigenvalue weighted by Crippen LogP contribution is 2.27. The second kappa shape index (κ2) is 9.47. The maximum absolute atomic E-state index is 12.7. The number of hydrogen-bond acceptors (Lipinski definition) is 6. The summed E-state index contributed by atoms with van der Waals surface area (Å²) in [5, 5.41) is 5.38. The van der Waals surface area contributed by atoms with Crippen LogP contribution in [0.5, 0.6) is 5.75 Å². The van der Waals surface area contributed by atoms with Crippen molar-refractivity contribution in [3.8, 4) is 5.75 Å². The minimum absolute atomic E-state index is 0.0633. The van der Waals surface area contributed by atoms with Crippen LogP contribution in [0, 0.1) is 5.92 Å². The van der Waals surface area contributed by atoms with Crippen molar-refractivity contribution in [2.24, 2.45) is 5.92 Å². The van der Waals surface area contributed by atoms with E-state index >= 15 is 0 Å². The number of nitrogens with zero attached hydrogens (tertiary/aromatic N) is 3. The number of rotatable bonds is 6. The van der Waals surface area contributed by atoms with E-state index in [1.54, 1.807) is 7.11 Å². The van der Waals surface area contributed by atoms with Gasteiger partial charge in [0.05, 0.1) is 19.2 Å². The molecule has 2 aliphatic rings. The van der Waals surface area contributed by atoms with Crippen molar-refractivity contribution < 1.29 is 14.3 Å². The summed E-state index contributed by atoms with van der Waals surface area (Å²) < 4.78 is 5.30. The molecule has 0 unspecified atom stereocenters. The Kier molecular flexibility index (Phi) is 6.52. The Hall–Kier alpha value is -2.61. The maximum Gasteiger partial charge on any atom is 0.229 e. The molecule has 2 fully saturated rings. The van der Waals surface area contributed by atoms with E-state index in [9.17, 15) is 9.59 Å². The molecule has 0 bridgehead atoms. The number of amides is 2. The van der Waals surface area contributed by atoms with Gasteiger partial charge in [0.15, 0.2) is 5.13 Å². The fourth-order valence-corrected chi connectivity index (χ4v) is 4.84. The first kappa shape index (κ1) is 20.7. The molecular weight excluding hydrogens is 400 g/mol. The van der Waals surface area contributed by atoms with E-state index in [1.807, 2.05) is 28.5 Å². The zero-order valence-electron chi connectivity index (χ0n) is 17.3. The minimum atomic E-state index is 0.0633. The van der Waals surface area contributed by atoms with Crippen LogP contribution in [0.3, 0.4) is 0 Å². The minimum Gasteiger partial charge on any atom is -0.497 e. The number of nitrogens with one attached hydrogen (secondary N) is 1. The molecule has 1 aromatic carbocycles. The monoisotopic (exact) mass is 428 g/mol. The van der Waals surface area contributed by atoms with Crippen molar-refractivity contribution in [3.63, 3.8) is 0 Å². The molecule has 0 spiro atoms. The van der Waals surface area contributed by atoms with Crippen LogP contribution in [0.2, 0.25) is 0 Å². The zero-order valence-corrected chi connectivity index (χ0v) is 18.1. The number of carbonyl (C=O) groups excluding carboxylic acids is 2. The highest BCUT2D eigenvalue weighted by molar-refractivity contribution is 7.13. The molecule has 1 aliphatic carbocycles. The Labute approximate surface area is 181 Å². The molecule has 1 N–H and O–H groups in total. The van der Waals surface area contributed by atoms with Gasteiger partial charge in [-0.3, -0.25) is 9.59 Å². The number of piperazine rings is 1. The van der Waals surface area contributed by atoms with Gasteiger partial charge in [0.1, 0.15) is 5.75 Å². The Bertz CT molecular complexity index is 886. The first-order chi connectivity index (χ1) is 14.6. The van der Waals surface area contributed by atoms with E-state index in [4.69, 9.17) is 4.74 Å². The molecule has 0 atom stereocenters. The number of methoxy groups -OCH3 is 1. The number of carbonyl (C=O) groups is 2. The summed E-state index contributed by atoms with van der Waals surface area (Å²) in [6.07, 6.45) is 4.45. The van der Waals surface area contributed by atoms with Crippen molar-refractivity contribution >= 4 is 34.0 Å². The molecule has 1 aliphatic heterocycles. The second-order valence-electron chi connectivity index (χ2n) is 7.86. The van der Waals surface area contributed by atoms with E-state index in [0.29, 0.717) is 18.2 Å². The first-order valence-electron chi connectivity index (χ1n) is 10.5. The van der Waals surface area contributed by atoms with Gasteiger partial charge in [-0.2, -0.15) is 0 Å². The molecule has 160 valence electrons. The third-order valence-electron chi connectivity index (χ3n) is 5.89. The van der Waals surface area contributed by atoms with E-state index < -0.39 is 0 Å². The van der Waals surface area contributed by atoms with E-state index in [0.717, 1.165) is 55.9 Å². The molecule has 1 saturated heterocycles. The van der Waals surface area contributed by atoms with Gasteiger partial charge >= 0.3 is 0 Å². The summed E-state index contributed by atoms with van der Waals surface area (Å²) in [7, 11) is 1.67. The van der Waals surface area contributed by atoms with E-state index in [1.165, 1.54) is 11.3 Å². The molecular formula is C22H28N4O3S. The molecule has 2 amide bonds. The van der Waals surface area contributed by atoms with Crippen LogP contribution in [-0.4, -0.2) is 55.0 Å². The number of anilines is 2. The fraction of sp³-hybridized carbons (Fsp3) is 0.500. The van der Waals surface area contributed by atoms with Crippen LogP contribution in [0.25, 0.3) is 0 Å². The molecule has 0 radical (unpaired) electrons. The number of ether oxygens (including phenoxy) is 1. The maximum atomic E-state index is 12.7. The third-order valence-corrected chi connectivity index (χ3v) is 6.70. The summed E-state index contributed by atoms with van der Waals surface area (Å²) in [6, 6.07) is 8.00. The van der Waals surface area contributed by atoms with Crippen LogP contribution in [0.1, 0.15) is 31.4 Å². The largest absolute Gasteiger partial charge is 0.497 e. The fourth-order valence-electron chi connectivity index (χ4n) is 4.13. The molecule has 8 heteroatoms.